The lowest BCUT2D eigenvalue weighted by molar-refractivity contribution is -0.118. The van der Waals surface area contributed by atoms with Crippen molar-refractivity contribution in [3.63, 3.8) is 0 Å². The van der Waals surface area contributed by atoms with Gasteiger partial charge in [-0.2, -0.15) is 0 Å². The monoisotopic (exact) mass is 369 g/mol. The van der Waals surface area contributed by atoms with Crippen molar-refractivity contribution >= 4 is 17.4 Å². The van der Waals surface area contributed by atoms with Crippen LogP contribution in [0.3, 0.4) is 0 Å². The minimum absolute atomic E-state index is 0.00942. The first-order valence-corrected chi connectivity index (χ1v) is 8.72. The van der Waals surface area contributed by atoms with Crippen LogP contribution in [-0.2, 0) is 10.2 Å². The van der Waals surface area contributed by atoms with Gasteiger partial charge in [-0.3, -0.25) is 9.59 Å². The maximum atomic E-state index is 12.3. The number of fused-ring (bicyclic) bond motifs is 1. The van der Waals surface area contributed by atoms with Crippen LogP contribution < -0.4 is 19.5 Å². The Labute approximate surface area is 158 Å². The third-order valence-corrected chi connectivity index (χ3v) is 4.24. The fourth-order valence-corrected chi connectivity index (χ4v) is 2.72. The highest BCUT2D eigenvalue weighted by molar-refractivity contribution is 6.04. The molecule has 2 aromatic carbocycles. The van der Waals surface area contributed by atoms with Crippen LogP contribution in [0.1, 0.15) is 43.6 Å². The van der Waals surface area contributed by atoms with Crippen molar-refractivity contribution in [3.8, 4) is 17.2 Å². The molecule has 0 saturated carbocycles. The number of anilines is 1. The molecule has 0 spiro atoms. The minimum Gasteiger partial charge on any atom is -0.484 e. The molecule has 2 aromatic rings. The summed E-state index contributed by atoms with van der Waals surface area (Å²) >= 11 is 0. The molecule has 0 radical (unpaired) electrons. The van der Waals surface area contributed by atoms with E-state index in [-0.39, 0.29) is 30.5 Å². The van der Waals surface area contributed by atoms with Crippen molar-refractivity contribution in [3.05, 3.63) is 47.5 Å². The van der Waals surface area contributed by atoms with Crippen LogP contribution in [0.2, 0.25) is 0 Å². The molecule has 6 heteroatoms. The van der Waals surface area contributed by atoms with Gasteiger partial charge in [0.25, 0.3) is 5.91 Å². The molecule has 1 amide bonds. The van der Waals surface area contributed by atoms with Gasteiger partial charge in [-0.1, -0.05) is 32.9 Å². The van der Waals surface area contributed by atoms with E-state index in [4.69, 9.17) is 14.2 Å². The van der Waals surface area contributed by atoms with E-state index >= 15 is 0 Å². The largest absolute Gasteiger partial charge is 0.484 e. The van der Waals surface area contributed by atoms with Gasteiger partial charge in [0.2, 0.25) is 6.79 Å². The van der Waals surface area contributed by atoms with E-state index in [9.17, 15) is 9.59 Å². The van der Waals surface area contributed by atoms with Crippen LogP contribution in [0.4, 0.5) is 5.69 Å². The Morgan fingerprint density at radius 1 is 1.11 bits per heavy atom. The summed E-state index contributed by atoms with van der Waals surface area (Å²) < 4.78 is 16.2. The van der Waals surface area contributed by atoms with Gasteiger partial charge < -0.3 is 19.5 Å². The summed E-state index contributed by atoms with van der Waals surface area (Å²) in [6.07, 6.45) is 0. The molecule has 0 saturated heterocycles. The van der Waals surface area contributed by atoms with E-state index in [0.717, 1.165) is 5.56 Å². The molecule has 6 nitrogen and oxygen atoms in total. The number of carbonyl (C=O) groups excluding carboxylic acids is 2. The summed E-state index contributed by atoms with van der Waals surface area (Å²) in [7, 11) is 0. The first-order valence-electron chi connectivity index (χ1n) is 8.72. The van der Waals surface area contributed by atoms with Crippen molar-refractivity contribution in [2.45, 2.75) is 33.1 Å². The molecule has 1 aliphatic heterocycles. The number of rotatable bonds is 5. The average Bonchev–Trinajstić information content (AvgIpc) is 3.06. The highest BCUT2D eigenvalue weighted by Gasteiger charge is 2.20. The van der Waals surface area contributed by atoms with Crippen molar-refractivity contribution in [1.82, 2.24) is 0 Å². The SMILES string of the molecule is CC(=O)c1cc2c(cc1NC(=O)COc1cccc(C(C)(C)C)c1)OCO2. The Morgan fingerprint density at radius 2 is 1.81 bits per heavy atom. The Morgan fingerprint density at radius 3 is 2.48 bits per heavy atom. The lowest BCUT2D eigenvalue weighted by Crippen LogP contribution is -2.21. The number of amides is 1. The predicted octanol–water partition coefficient (Wildman–Crippen LogP) is 3.93. The van der Waals surface area contributed by atoms with Crippen LogP contribution in [0.5, 0.6) is 17.2 Å². The lowest BCUT2D eigenvalue weighted by Gasteiger charge is -2.19. The molecule has 0 aromatic heterocycles. The zero-order valence-corrected chi connectivity index (χ0v) is 15.9. The molecule has 27 heavy (non-hydrogen) atoms. The van der Waals surface area contributed by atoms with E-state index in [1.807, 2.05) is 24.3 Å². The van der Waals surface area contributed by atoms with Crippen LogP contribution in [0.15, 0.2) is 36.4 Å². The van der Waals surface area contributed by atoms with E-state index in [1.54, 1.807) is 12.1 Å². The first kappa shape index (κ1) is 18.8. The van der Waals surface area contributed by atoms with Crippen LogP contribution in [0.25, 0.3) is 0 Å². The highest BCUT2D eigenvalue weighted by atomic mass is 16.7. The van der Waals surface area contributed by atoms with Crippen LogP contribution >= 0.6 is 0 Å². The lowest BCUT2D eigenvalue weighted by atomic mass is 9.87. The molecule has 0 atom stereocenters. The minimum atomic E-state index is -0.363. The molecule has 0 bridgehead atoms. The van der Waals surface area contributed by atoms with Gasteiger partial charge in [0, 0.05) is 11.6 Å². The highest BCUT2D eigenvalue weighted by Crippen LogP contribution is 2.37. The number of benzene rings is 2. The third-order valence-electron chi connectivity index (χ3n) is 4.24. The summed E-state index contributed by atoms with van der Waals surface area (Å²) in [5, 5.41) is 2.72. The summed E-state index contributed by atoms with van der Waals surface area (Å²) in [6, 6.07) is 10.8. The smallest absolute Gasteiger partial charge is 0.262 e. The predicted molar refractivity (Wildman–Crippen MR) is 102 cm³/mol. The Bertz CT molecular complexity index is 883. The van der Waals surface area contributed by atoms with E-state index in [0.29, 0.717) is 28.5 Å². The molecular formula is C21H23NO5. The fraction of sp³-hybridized carbons (Fsp3) is 0.333. The Kier molecular flexibility index (Phi) is 5.08. The van der Waals surface area contributed by atoms with Gasteiger partial charge in [0.1, 0.15) is 5.75 Å². The number of ether oxygens (including phenoxy) is 3. The second-order valence-corrected chi connectivity index (χ2v) is 7.42. The quantitative estimate of drug-likeness (QED) is 0.808. The van der Waals surface area contributed by atoms with Gasteiger partial charge in [-0.15, -0.1) is 0 Å². The molecular weight excluding hydrogens is 346 g/mol. The van der Waals surface area contributed by atoms with Crippen molar-refractivity contribution < 1.29 is 23.8 Å². The normalized spacial score (nSPS) is 12.6. The van der Waals surface area contributed by atoms with Gasteiger partial charge in [-0.25, -0.2) is 0 Å². The molecule has 0 fully saturated rings. The Hall–Kier alpha value is -3.02. The number of ketones is 1. The standard InChI is InChI=1S/C21H23NO5/c1-13(23)16-9-18-19(27-12-26-18)10-17(16)22-20(24)11-25-15-7-5-6-14(8-15)21(2,3)4/h5-10H,11-12H2,1-4H3,(H,22,24). The van der Waals surface area contributed by atoms with Gasteiger partial charge in [-0.05, 0) is 36.1 Å². The zero-order chi connectivity index (χ0) is 19.6. The zero-order valence-electron chi connectivity index (χ0n) is 15.9. The van der Waals surface area contributed by atoms with E-state index in [2.05, 4.69) is 26.1 Å². The number of hydrogen-bond acceptors (Lipinski definition) is 5. The van der Waals surface area contributed by atoms with Gasteiger partial charge in [0.05, 0.1) is 5.69 Å². The second-order valence-electron chi connectivity index (χ2n) is 7.42. The van der Waals surface area contributed by atoms with E-state index in [1.165, 1.54) is 6.92 Å². The fourth-order valence-electron chi connectivity index (χ4n) is 2.72. The average molecular weight is 369 g/mol. The van der Waals surface area contributed by atoms with Gasteiger partial charge >= 0.3 is 0 Å². The topological polar surface area (TPSA) is 73.9 Å². The molecule has 0 aliphatic carbocycles. The number of hydrogen-bond donors (Lipinski definition) is 1. The van der Waals surface area contributed by atoms with Crippen molar-refractivity contribution in [2.24, 2.45) is 0 Å². The maximum absolute atomic E-state index is 12.3. The summed E-state index contributed by atoms with van der Waals surface area (Å²) in [5.41, 5.74) is 1.85. The molecule has 3 rings (SSSR count). The second kappa shape index (κ2) is 7.31. The van der Waals surface area contributed by atoms with Gasteiger partial charge in [0.15, 0.2) is 23.9 Å². The van der Waals surface area contributed by atoms with Crippen LogP contribution in [0, 0.1) is 0 Å². The van der Waals surface area contributed by atoms with Crippen molar-refractivity contribution in [2.75, 3.05) is 18.7 Å². The molecule has 142 valence electrons. The molecule has 1 heterocycles. The number of nitrogens with one attached hydrogen (secondary N) is 1. The summed E-state index contributed by atoms with van der Waals surface area (Å²) in [6.45, 7) is 7.70. The number of Topliss-reactive ketones (excluding diaryl/α,β-unsaturated/α-hetero) is 1. The third kappa shape index (κ3) is 4.39. The molecule has 1 aliphatic rings. The van der Waals surface area contributed by atoms with E-state index < -0.39 is 0 Å². The number of carbonyl (C=O) groups is 2. The molecule has 0 unspecified atom stereocenters. The summed E-state index contributed by atoms with van der Waals surface area (Å²) in [4.78, 5) is 24.2. The Balaban J connectivity index is 1.69. The maximum Gasteiger partial charge on any atom is 0.262 e. The summed E-state index contributed by atoms with van der Waals surface area (Å²) in [5.74, 6) is 1.07. The molecule has 1 N–H and O–H groups in total. The first-order chi connectivity index (χ1) is 12.7. The van der Waals surface area contributed by atoms with Crippen LogP contribution in [-0.4, -0.2) is 25.1 Å². The van der Waals surface area contributed by atoms with Crippen molar-refractivity contribution in [1.29, 1.82) is 0 Å².